The number of nitrogens with zero attached hydrogens (tertiary/aromatic N) is 2. The molecule has 0 radical (unpaired) electrons. The van der Waals surface area contributed by atoms with Crippen LogP contribution in [0.4, 0.5) is 5.13 Å². The van der Waals surface area contributed by atoms with E-state index in [1.54, 1.807) is 11.3 Å². The number of fused-ring (bicyclic) bond motifs is 1. The maximum absolute atomic E-state index is 12.7. The van der Waals surface area contributed by atoms with Crippen molar-refractivity contribution in [2.75, 3.05) is 31.9 Å². The smallest absolute Gasteiger partial charge is 0.233 e. The fraction of sp³-hybridized carbons (Fsp3) is 0.600. The average Bonchev–Trinajstić information content (AvgIpc) is 3.46. The maximum atomic E-state index is 12.7. The van der Waals surface area contributed by atoms with Crippen LogP contribution < -0.4 is 16.8 Å². The number of amides is 1. The maximum Gasteiger partial charge on any atom is 0.233 e. The Balaban J connectivity index is 0.000000186. The van der Waals surface area contributed by atoms with Crippen LogP contribution in [0.2, 0.25) is 0 Å². The third-order valence-electron chi connectivity index (χ3n) is 6.75. The van der Waals surface area contributed by atoms with Crippen molar-refractivity contribution in [3.05, 3.63) is 46.5 Å². The number of rotatable bonds is 8. The lowest BCUT2D eigenvalue weighted by Crippen LogP contribution is -2.40. The minimum absolute atomic E-state index is 0.245. The molecule has 1 aromatic heterocycles. The summed E-state index contributed by atoms with van der Waals surface area (Å²) in [5.41, 5.74) is 13.5. The number of hydrogen-bond donors (Lipinski definition) is 3. The summed E-state index contributed by atoms with van der Waals surface area (Å²) in [5.74, 6) is 0.544. The van der Waals surface area contributed by atoms with Gasteiger partial charge in [-0.2, -0.15) is 0 Å². The van der Waals surface area contributed by atoms with Crippen molar-refractivity contribution in [1.82, 2.24) is 15.2 Å². The van der Waals surface area contributed by atoms with Crippen LogP contribution in [-0.2, 0) is 23.1 Å². The number of carbonyl (C=O) groups is 1. The number of carbonyl (C=O) groups excluding carboxylic acids is 1. The number of likely N-dealkylation sites (N-methyl/N-ethyl adjacent to an activating group) is 1. The molecule has 1 fully saturated rings. The number of nitrogens with one attached hydrogen (secondary N) is 1. The van der Waals surface area contributed by atoms with E-state index in [4.69, 9.17) is 11.5 Å². The van der Waals surface area contributed by atoms with Crippen molar-refractivity contribution in [2.24, 2.45) is 11.7 Å². The monoisotopic (exact) mass is 457 g/mol. The number of nitrogen functional groups attached to an aromatic ring is 1. The largest absolute Gasteiger partial charge is 0.375 e. The van der Waals surface area contributed by atoms with Gasteiger partial charge in [-0.05, 0) is 70.5 Å². The predicted molar refractivity (Wildman–Crippen MR) is 134 cm³/mol. The number of aromatic nitrogens is 1. The molecule has 32 heavy (non-hydrogen) atoms. The minimum Gasteiger partial charge on any atom is -0.375 e. The summed E-state index contributed by atoms with van der Waals surface area (Å²) in [6.07, 6.45) is 5.50. The number of hydrogen-bond acceptors (Lipinski definition) is 6. The molecule has 5 N–H and O–H groups in total. The van der Waals surface area contributed by atoms with Crippen molar-refractivity contribution in [3.8, 4) is 0 Å². The van der Waals surface area contributed by atoms with Gasteiger partial charge in [-0.3, -0.25) is 4.79 Å². The van der Waals surface area contributed by atoms with E-state index in [2.05, 4.69) is 29.4 Å². The Bertz CT molecular complexity index is 866. The van der Waals surface area contributed by atoms with Crippen LogP contribution in [0.5, 0.6) is 0 Å². The molecule has 1 aromatic carbocycles. The molecule has 3 atom stereocenters. The highest BCUT2D eigenvalue weighted by Crippen LogP contribution is 2.54. The molecule has 1 saturated carbocycles. The highest BCUT2D eigenvalue weighted by molar-refractivity contribution is 7.15. The molecule has 176 valence electrons. The topological polar surface area (TPSA) is 97.3 Å². The van der Waals surface area contributed by atoms with E-state index in [0.29, 0.717) is 18.5 Å². The van der Waals surface area contributed by atoms with E-state index >= 15 is 0 Å². The van der Waals surface area contributed by atoms with Gasteiger partial charge < -0.3 is 21.7 Å². The fourth-order valence-electron chi connectivity index (χ4n) is 4.80. The van der Waals surface area contributed by atoms with Crippen molar-refractivity contribution >= 4 is 22.4 Å². The van der Waals surface area contributed by atoms with Gasteiger partial charge >= 0.3 is 0 Å². The number of aryl methyl sites for hydroxylation is 1. The Hall–Kier alpha value is -1.96. The van der Waals surface area contributed by atoms with Gasteiger partial charge in [0.15, 0.2) is 5.13 Å². The lowest BCUT2D eigenvalue weighted by Gasteiger charge is -2.26. The molecule has 1 heterocycles. The highest BCUT2D eigenvalue weighted by Gasteiger charge is 2.61. The Morgan fingerprint density at radius 1 is 1.25 bits per heavy atom. The molecular formula is C25H39N5OS. The number of thiazole rings is 1. The normalized spacial score (nSPS) is 23.6. The Labute approximate surface area is 196 Å². The van der Waals surface area contributed by atoms with E-state index in [0.717, 1.165) is 49.6 Å². The summed E-state index contributed by atoms with van der Waals surface area (Å²) >= 11 is 1.65. The van der Waals surface area contributed by atoms with Gasteiger partial charge in [0.25, 0.3) is 0 Å². The minimum atomic E-state index is -0.345. The molecule has 0 saturated heterocycles. The molecular weight excluding hydrogens is 418 g/mol. The summed E-state index contributed by atoms with van der Waals surface area (Å²) in [4.78, 5) is 20.4. The highest BCUT2D eigenvalue weighted by atomic mass is 32.1. The quantitative estimate of drug-likeness (QED) is 0.565. The molecule has 6 nitrogen and oxygen atoms in total. The third-order valence-corrected chi connectivity index (χ3v) is 7.70. The van der Waals surface area contributed by atoms with Crippen LogP contribution in [-0.4, -0.2) is 48.0 Å². The first-order chi connectivity index (χ1) is 15.5. The fourth-order valence-corrected chi connectivity index (χ4v) is 5.76. The van der Waals surface area contributed by atoms with Crippen LogP contribution in [0.3, 0.4) is 0 Å². The van der Waals surface area contributed by atoms with E-state index in [9.17, 15) is 4.79 Å². The van der Waals surface area contributed by atoms with Crippen LogP contribution in [0.25, 0.3) is 0 Å². The number of benzene rings is 1. The predicted octanol–water partition coefficient (Wildman–Crippen LogP) is 3.35. The lowest BCUT2D eigenvalue weighted by atomic mass is 9.91. The SMILES string of the molecule is CCCN[C@H]1CCc2nc(N)sc2C1.CCN(CC)C(=O)[C@]1(c2ccccc2)C[C@@H]1CN. The number of anilines is 1. The molecule has 2 aliphatic carbocycles. The average molecular weight is 458 g/mol. The Morgan fingerprint density at radius 3 is 2.56 bits per heavy atom. The van der Waals surface area contributed by atoms with E-state index < -0.39 is 0 Å². The second kappa shape index (κ2) is 11.3. The number of nitrogens with two attached hydrogens (primary N) is 2. The van der Waals surface area contributed by atoms with Crippen molar-refractivity contribution in [3.63, 3.8) is 0 Å². The summed E-state index contributed by atoms with van der Waals surface area (Å²) in [6, 6.07) is 10.7. The van der Waals surface area contributed by atoms with E-state index in [-0.39, 0.29) is 11.3 Å². The zero-order valence-corrected chi connectivity index (χ0v) is 20.6. The molecule has 0 unspecified atom stereocenters. The van der Waals surface area contributed by atoms with Crippen LogP contribution in [0.15, 0.2) is 30.3 Å². The molecule has 2 aromatic rings. The zero-order valence-electron chi connectivity index (χ0n) is 19.8. The van der Waals surface area contributed by atoms with Crippen molar-refractivity contribution in [1.29, 1.82) is 0 Å². The molecule has 0 bridgehead atoms. The molecule has 1 amide bonds. The summed E-state index contributed by atoms with van der Waals surface area (Å²) in [5, 5.41) is 4.29. The Kier molecular flexibility index (Phi) is 8.68. The third kappa shape index (κ3) is 5.33. The zero-order chi connectivity index (χ0) is 23.1. The summed E-state index contributed by atoms with van der Waals surface area (Å²) < 4.78 is 0. The van der Waals surface area contributed by atoms with Gasteiger partial charge in [-0.15, -0.1) is 11.3 Å². The van der Waals surface area contributed by atoms with Crippen LogP contribution >= 0.6 is 11.3 Å². The van der Waals surface area contributed by atoms with Crippen molar-refractivity contribution in [2.45, 2.75) is 64.3 Å². The first kappa shape index (κ1) is 24.7. The summed E-state index contributed by atoms with van der Waals surface area (Å²) in [7, 11) is 0. The lowest BCUT2D eigenvalue weighted by molar-refractivity contribution is -0.134. The van der Waals surface area contributed by atoms with Crippen LogP contribution in [0.1, 0.15) is 56.2 Å². The van der Waals surface area contributed by atoms with Gasteiger partial charge in [0.05, 0.1) is 11.1 Å². The first-order valence-corrected chi connectivity index (χ1v) is 12.8. The van der Waals surface area contributed by atoms with Gasteiger partial charge in [-0.1, -0.05) is 37.3 Å². The second-order valence-corrected chi connectivity index (χ2v) is 9.88. The van der Waals surface area contributed by atoms with E-state index in [1.165, 1.54) is 23.4 Å². The molecule has 7 heteroatoms. The van der Waals surface area contributed by atoms with Gasteiger partial charge in [-0.25, -0.2) is 4.98 Å². The van der Waals surface area contributed by atoms with Crippen molar-refractivity contribution < 1.29 is 4.79 Å². The van der Waals surface area contributed by atoms with Crippen LogP contribution in [0, 0.1) is 5.92 Å². The standard InChI is InChI=1S/C15H22N2O.C10H17N3S/c1-3-17(4-2)14(18)15(10-13(15)11-16)12-8-6-5-7-9-12;1-2-5-12-7-3-4-8-9(6-7)14-10(11)13-8/h5-9,13H,3-4,10-11,16H2,1-2H3;7,12H,2-6H2,1H3,(H2,11,13)/t13-,15+;7-/m10/s1. The van der Waals surface area contributed by atoms with Gasteiger partial charge in [0.1, 0.15) is 0 Å². The van der Waals surface area contributed by atoms with E-state index in [1.807, 2.05) is 36.9 Å². The van der Waals surface area contributed by atoms with Gasteiger partial charge in [0, 0.05) is 24.0 Å². The molecule has 0 spiro atoms. The summed E-state index contributed by atoms with van der Waals surface area (Å²) in [6.45, 7) is 9.49. The Morgan fingerprint density at radius 2 is 1.97 bits per heavy atom. The molecule has 4 rings (SSSR count). The van der Waals surface area contributed by atoms with Gasteiger partial charge in [0.2, 0.25) is 5.91 Å². The first-order valence-electron chi connectivity index (χ1n) is 12.0. The second-order valence-electron chi connectivity index (χ2n) is 8.77. The molecule has 2 aliphatic rings. The molecule has 0 aliphatic heterocycles.